The van der Waals surface area contributed by atoms with Gasteiger partial charge in [-0.15, -0.1) is 0 Å². The Bertz CT molecular complexity index is 1420. The maximum atomic E-state index is 13.3. The smallest absolute Gasteiger partial charge is 0.241 e. The summed E-state index contributed by atoms with van der Waals surface area (Å²) in [6.45, 7) is 12.0. The predicted octanol–water partition coefficient (Wildman–Crippen LogP) is 6.94. The number of hydrogen-bond donors (Lipinski definition) is 2. The van der Waals surface area contributed by atoms with Crippen LogP contribution in [0.3, 0.4) is 0 Å². The van der Waals surface area contributed by atoms with Crippen molar-refractivity contribution in [1.82, 2.24) is 4.72 Å². The monoisotopic (exact) mass is 616 g/mol. The van der Waals surface area contributed by atoms with Gasteiger partial charge in [0.25, 0.3) is 0 Å². The fourth-order valence-electron chi connectivity index (χ4n) is 4.58. The van der Waals surface area contributed by atoms with E-state index in [1.165, 1.54) is 16.7 Å². The third kappa shape index (κ3) is 8.18. The van der Waals surface area contributed by atoms with Crippen molar-refractivity contribution in [3.63, 3.8) is 0 Å². The first-order valence-electron chi connectivity index (χ1n) is 12.5. The summed E-state index contributed by atoms with van der Waals surface area (Å²) in [6, 6.07) is 28.2. The van der Waals surface area contributed by atoms with E-state index in [2.05, 4.69) is 43.7 Å². The maximum absolute atomic E-state index is 13.3. The molecule has 0 saturated carbocycles. The molecule has 202 valence electrons. The van der Waals surface area contributed by atoms with E-state index in [-0.39, 0.29) is 19.5 Å². The Morgan fingerprint density at radius 1 is 0.605 bits per heavy atom. The van der Waals surface area contributed by atoms with Crippen LogP contribution < -0.4 is 10.5 Å². The second-order valence-corrected chi connectivity index (χ2v) is 11.4. The second-order valence-electron chi connectivity index (χ2n) is 9.76. The van der Waals surface area contributed by atoms with Gasteiger partial charge in [-0.2, -0.15) is 0 Å². The molecule has 0 aliphatic rings. The van der Waals surface area contributed by atoms with Crippen LogP contribution >= 0.6 is 0 Å². The van der Waals surface area contributed by atoms with Gasteiger partial charge in [0.2, 0.25) is 10.0 Å². The minimum atomic E-state index is -3.77. The van der Waals surface area contributed by atoms with Crippen molar-refractivity contribution in [3.05, 3.63) is 136 Å². The molecule has 0 radical (unpaired) electrons. The standard InChI is InChI=1S/C23H26N2O2S.C9H12.Ru/c1-16-14-17(2)23(18(3)15-16)28(26,27)25-22(20-12-8-5-9-13-20)21(24)19-10-6-4-7-11-19;1-7-4-5-8(2)9(3)6-7;/h4-15,21-22,25H,24H2,1-3H3;4-6H,1-3H3;/t21-,22-;;/m0../s1. The molecule has 6 heteroatoms. The molecule has 0 amide bonds. The van der Waals surface area contributed by atoms with Gasteiger partial charge in [-0.25, -0.2) is 13.1 Å². The van der Waals surface area contributed by atoms with Gasteiger partial charge in [0, 0.05) is 19.5 Å². The molecular weight excluding hydrogens is 578 g/mol. The van der Waals surface area contributed by atoms with Crippen LogP contribution in [0.1, 0.15) is 56.6 Å². The number of sulfonamides is 1. The maximum Gasteiger partial charge on any atom is 0.241 e. The predicted molar refractivity (Wildman–Crippen MR) is 154 cm³/mol. The molecule has 4 aromatic carbocycles. The van der Waals surface area contributed by atoms with E-state index in [9.17, 15) is 8.42 Å². The average molecular weight is 616 g/mol. The van der Waals surface area contributed by atoms with E-state index in [0.29, 0.717) is 4.90 Å². The van der Waals surface area contributed by atoms with E-state index < -0.39 is 22.1 Å². The van der Waals surface area contributed by atoms with Gasteiger partial charge < -0.3 is 5.73 Å². The van der Waals surface area contributed by atoms with Crippen molar-refractivity contribution in [1.29, 1.82) is 0 Å². The summed E-state index contributed by atoms with van der Waals surface area (Å²) in [5, 5.41) is 0. The number of hydrogen-bond acceptors (Lipinski definition) is 3. The SMILES string of the molecule is Cc1cc(C)c(S(=O)(=O)N[C@@H](c2ccccc2)[C@@H](N)c2ccccc2)c(C)c1.Cc1ccc(C)c(C)c1.[Ru]. The molecule has 0 bridgehead atoms. The Kier molecular flexibility index (Phi) is 11.6. The van der Waals surface area contributed by atoms with Gasteiger partial charge in [-0.3, -0.25) is 0 Å². The van der Waals surface area contributed by atoms with Crippen LogP contribution in [-0.4, -0.2) is 8.42 Å². The van der Waals surface area contributed by atoms with Crippen molar-refractivity contribution < 1.29 is 27.9 Å². The molecule has 3 N–H and O–H groups in total. The van der Waals surface area contributed by atoms with Crippen molar-refractivity contribution in [2.45, 2.75) is 58.5 Å². The first-order chi connectivity index (χ1) is 17.5. The van der Waals surface area contributed by atoms with E-state index in [1.807, 2.05) is 93.6 Å². The van der Waals surface area contributed by atoms with Crippen molar-refractivity contribution in [2.75, 3.05) is 0 Å². The van der Waals surface area contributed by atoms with Crippen LogP contribution in [0.25, 0.3) is 0 Å². The molecular formula is C32H38N2O2RuS. The zero-order valence-electron chi connectivity index (χ0n) is 23.0. The van der Waals surface area contributed by atoms with Crippen molar-refractivity contribution in [3.8, 4) is 0 Å². The quantitative estimate of drug-likeness (QED) is 0.231. The first-order valence-corrected chi connectivity index (χ1v) is 14.0. The minimum absolute atomic E-state index is 0. The Labute approximate surface area is 241 Å². The van der Waals surface area contributed by atoms with E-state index in [1.54, 1.807) is 0 Å². The summed E-state index contributed by atoms with van der Waals surface area (Å²) in [7, 11) is -3.77. The zero-order valence-corrected chi connectivity index (χ0v) is 25.5. The number of nitrogens with one attached hydrogen (secondary N) is 1. The Morgan fingerprint density at radius 3 is 1.55 bits per heavy atom. The summed E-state index contributed by atoms with van der Waals surface area (Å²) in [6.07, 6.45) is 0. The molecule has 4 nitrogen and oxygen atoms in total. The molecule has 0 aromatic heterocycles. The van der Waals surface area contributed by atoms with Gasteiger partial charge in [-0.05, 0) is 74.9 Å². The Balaban J connectivity index is 0.000000430. The van der Waals surface area contributed by atoms with Crippen molar-refractivity contribution in [2.24, 2.45) is 5.73 Å². The van der Waals surface area contributed by atoms with Gasteiger partial charge in [-0.1, -0.05) is 102 Å². The third-order valence-electron chi connectivity index (χ3n) is 6.52. The topological polar surface area (TPSA) is 72.2 Å². The number of aryl methyl sites for hydroxylation is 6. The van der Waals surface area contributed by atoms with Crippen LogP contribution in [0.2, 0.25) is 0 Å². The van der Waals surface area contributed by atoms with E-state index in [4.69, 9.17) is 5.73 Å². The molecule has 38 heavy (non-hydrogen) atoms. The molecule has 0 heterocycles. The van der Waals surface area contributed by atoms with Gasteiger partial charge in [0.15, 0.2) is 0 Å². The molecule has 2 atom stereocenters. The van der Waals surface area contributed by atoms with Gasteiger partial charge in [0.05, 0.1) is 17.0 Å². The molecule has 0 unspecified atom stereocenters. The van der Waals surface area contributed by atoms with Crippen LogP contribution in [0.5, 0.6) is 0 Å². The number of rotatable bonds is 6. The fraction of sp³-hybridized carbons (Fsp3) is 0.250. The zero-order chi connectivity index (χ0) is 27.2. The van der Waals surface area contributed by atoms with Crippen LogP contribution in [0.15, 0.2) is 95.9 Å². The number of benzene rings is 4. The van der Waals surface area contributed by atoms with E-state index >= 15 is 0 Å². The summed E-state index contributed by atoms with van der Waals surface area (Å²) >= 11 is 0. The molecule has 0 aliphatic carbocycles. The second kappa shape index (κ2) is 14.0. The Hall–Kier alpha value is -2.63. The minimum Gasteiger partial charge on any atom is -0.322 e. The summed E-state index contributed by atoms with van der Waals surface area (Å²) in [5.41, 5.74) is 14.8. The molecule has 0 aliphatic heterocycles. The van der Waals surface area contributed by atoms with Gasteiger partial charge >= 0.3 is 0 Å². The van der Waals surface area contributed by atoms with E-state index in [0.717, 1.165) is 27.8 Å². The summed E-state index contributed by atoms with van der Waals surface area (Å²) in [4.78, 5) is 0.319. The first kappa shape index (κ1) is 31.6. The number of nitrogens with two attached hydrogens (primary N) is 1. The van der Waals surface area contributed by atoms with Crippen LogP contribution in [0.4, 0.5) is 0 Å². The van der Waals surface area contributed by atoms with Crippen LogP contribution in [-0.2, 0) is 29.5 Å². The average Bonchev–Trinajstić information content (AvgIpc) is 2.85. The molecule has 0 fully saturated rings. The fourth-order valence-corrected chi connectivity index (χ4v) is 6.29. The van der Waals surface area contributed by atoms with Crippen molar-refractivity contribution >= 4 is 10.0 Å². The summed E-state index contributed by atoms with van der Waals surface area (Å²) < 4.78 is 29.5. The molecule has 4 aromatic rings. The molecule has 0 spiro atoms. The Morgan fingerprint density at radius 2 is 1.08 bits per heavy atom. The largest absolute Gasteiger partial charge is 0.322 e. The summed E-state index contributed by atoms with van der Waals surface area (Å²) in [5.74, 6) is 0. The van der Waals surface area contributed by atoms with Crippen LogP contribution in [0, 0.1) is 41.5 Å². The normalized spacial score (nSPS) is 12.5. The van der Waals surface area contributed by atoms with Gasteiger partial charge in [0.1, 0.15) is 0 Å². The third-order valence-corrected chi connectivity index (χ3v) is 8.27. The molecule has 4 rings (SSSR count). The molecule has 0 saturated heterocycles.